The number of hydrogen-bond acceptors (Lipinski definition) is 3. The van der Waals surface area contributed by atoms with Crippen molar-refractivity contribution in [3.63, 3.8) is 0 Å². The van der Waals surface area contributed by atoms with E-state index in [1.165, 1.54) is 0 Å². The lowest BCUT2D eigenvalue weighted by Crippen LogP contribution is -2.01. The van der Waals surface area contributed by atoms with Crippen LogP contribution in [0.5, 0.6) is 0 Å². The van der Waals surface area contributed by atoms with Crippen LogP contribution in [0.15, 0.2) is 42.5 Å². The maximum absolute atomic E-state index is 9.06. The Morgan fingerprint density at radius 2 is 1.89 bits per heavy atom. The second kappa shape index (κ2) is 5.56. The fourth-order valence-electron chi connectivity index (χ4n) is 2.05. The van der Waals surface area contributed by atoms with Crippen LogP contribution in [0, 0.1) is 0 Å². The maximum Gasteiger partial charge on any atom is 0.0629 e. The molecule has 0 bridgehead atoms. The van der Waals surface area contributed by atoms with E-state index in [2.05, 4.69) is 5.32 Å². The van der Waals surface area contributed by atoms with E-state index in [9.17, 15) is 0 Å². The van der Waals surface area contributed by atoms with E-state index in [4.69, 9.17) is 10.8 Å². The predicted octanol–water partition coefficient (Wildman–Crippen LogP) is 2.51. The molecule has 0 atom stereocenters. The Bertz CT molecular complexity index is 524. The van der Waals surface area contributed by atoms with Crippen LogP contribution in [0.1, 0.15) is 5.56 Å². The van der Waals surface area contributed by atoms with E-state index in [0.29, 0.717) is 6.42 Å². The Morgan fingerprint density at radius 1 is 1.17 bits per heavy atom. The third kappa shape index (κ3) is 2.46. The van der Waals surface area contributed by atoms with E-state index in [1.54, 1.807) is 0 Å². The lowest BCUT2D eigenvalue weighted by Gasteiger charge is -2.14. The van der Waals surface area contributed by atoms with Crippen molar-refractivity contribution in [2.24, 2.45) is 0 Å². The lowest BCUT2D eigenvalue weighted by molar-refractivity contribution is 0.299. The molecular weight excluding hydrogens is 224 g/mol. The van der Waals surface area contributed by atoms with E-state index in [0.717, 1.165) is 28.1 Å². The van der Waals surface area contributed by atoms with E-state index in [-0.39, 0.29) is 6.61 Å². The molecule has 3 heteroatoms. The quantitative estimate of drug-likeness (QED) is 0.722. The van der Waals surface area contributed by atoms with Crippen molar-refractivity contribution in [1.29, 1.82) is 0 Å². The van der Waals surface area contributed by atoms with Gasteiger partial charge in [0.1, 0.15) is 0 Å². The van der Waals surface area contributed by atoms with Gasteiger partial charge in [-0.3, -0.25) is 0 Å². The monoisotopic (exact) mass is 242 g/mol. The van der Waals surface area contributed by atoms with Gasteiger partial charge in [0.25, 0.3) is 0 Å². The van der Waals surface area contributed by atoms with Gasteiger partial charge in [-0.1, -0.05) is 30.3 Å². The number of aliphatic hydroxyl groups excluding tert-OH is 1. The first-order valence-corrected chi connectivity index (χ1v) is 6.02. The van der Waals surface area contributed by atoms with Gasteiger partial charge < -0.3 is 16.2 Å². The Labute approximate surface area is 107 Å². The van der Waals surface area contributed by atoms with Gasteiger partial charge in [0, 0.05) is 19.2 Å². The Kier molecular flexibility index (Phi) is 3.85. The number of benzene rings is 2. The van der Waals surface area contributed by atoms with Crippen molar-refractivity contribution >= 4 is 11.4 Å². The highest BCUT2D eigenvalue weighted by Crippen LogP contribution is 2.33. The lowest BCUT2D eigenvalue weighted by atomic mass is 9.98. The Hall–Kier alpha value is -2.00. The highest BCUT2D eigenvalue weighted by molar-refractivity contribution is 5.86. The zero-order valence-electron chi connectivity index (χ0n) is 10.5. The summed E-state index contributed by atoms with van der Waals surface area (Å²) in [7, 11) is 1.85. The number of hydrogen-bond donors (Lipinski definition) is 3. The molecule has 0 aliphatic carbocycles. The van der Waals surface area contributed by atoms with Gasteiger partial charge in [0.15, 0.2) is 0 Å². The molecule has 0 heterocycles. The number of aliphatic hydroxyl groups is 1. The molecular formula is C15H18N2O. The second-order valence-corrected chi connectivity index (χ2v) is 4.19. The minimum absolute atomic E-state index is 0.140. The van der Waals surface area contributed by atoms with Gasteiger partial charge in [0.2, 0.25) is 0 Å². The summed E-state index contributed by atoms with van der Waals surface area (Å²) in [5.41, 5.74) is 11.0. The van der Waals surface area contributed by atoms with Crippen molar-refractivity contribution in [2.45, 2.75) is 6.42 Å². The number of nitrogen functional groups attached to an aromatic ring is 1. The molecule has 18 heavy (non-hydrogen) atoms. The molecule has 0 saturated heterocycles. The van der Waals surface area contributed by atoms with Crippen LogP contribution in [0.2, 0.25) is 0 Å². The van der Waals surface area contributed by atoms with Crippen LogP contribution in [0.3, 0.4) is 0 Å². The molecule has 2 aromatic carbocycles. The topological polar surface area (TPSA) is 58.3 Å². The molecule has 0 radical (unpaired) electrons. The molecule has 3 nitrogen and oxygen atoms in total. The number of rotatable bonds is 4. The predicted molar refractivity (Wildman–Crippen MR) is 76.6 cm³/mol. The molecule has 4 N–H and O–H groups in total. The zero-order chi connectivity index (χ0) is 13.0. The highest BCUT2D eigenvalue weighted by Gasteiger charge is 2.08. The van der Waals surface area contributed by atoms with E-state index in [1.807, 2.05) is 49.5 Å². The van der Waals surface area contributed by atoms with E-state index < -0.39 is 0 Å². The SMILES string of the molecule is CNc1cc(CCO)cc(-c2ccccc2)c1N. The van der Waals surface area contributed by atoms with Crippen LogP contribution in [0.25, 0.3) is 11.1 Å². The largest absolute Gasteiger partial charge is 0.397 e. The zero-order valence-corrected chi connectivity index (χ0v) is 10.5. The first kappa shape index (κ1) is 12.5. The minimum Gasteiger partial charge on any atom is -0.397 e. The molecule has 0 aromatic heterocycles. The van der Waals surface area contributed by atoms with Crippen LogP contribution in [-0.4, -0.2) is 18.8 Å². The van der Waals surface area contributed by atoms with Gasteiger partial charge in [-0.25, -0.2) is 0 Å². The van der Waals surface area contributed by atoms with Gasteiger partial charge in [-0.2, -0.15) is 0 Å². The molecule has 94 valence electrons. The van der Waals surface area contributed by atoms with Crippen molar-refractivity contribution < 1.29 is 5.11 Å². The molecule has 0 spiro atoms. The van der Waals surface area contributed by atoms with E-state index >= 15 is 0 Å². The van der Waals surface area contributed by atoms with Gasteiger partial charge in [0.05, 0.1) is 11.4 Å². The summed E-state index contributed by atoms with van der Waals surface area (Å²) in [6.07, 6.45) is 0.634. The van der Waals surface area contributed by atoms with Crippen LogP contribution < -0.4 is 11.1 Å². The average Bonchev–Trinajstić information content (AvgIpc) is 2.42. The molecule has 0 unspecified atom stereocenters. The average molecular weight is 242 g/mol. The first-order chi connectivity index (χ1) is 8.76. The number of nitrogens with one attached hydrogen (secondary N) is 1. The summed E-state index contributed by atoms with van der Waals surface area (Å²) in [6.45, 7) is 0.140. The highest BCUT2D eigenvalue weighted by atomic mass is 16.2. The summed E-state index contributed by atoms with van der Waals surface area (Å²) in [5.74, 6) is 0. The Morgan fingerprint density at radius 3 is 2.50 bits per heavy atom. The standard InChI is InChI=1S/C15H18N2O/c1-17-14-10-11(7-8-18)9-13(15(14)16)12-5-3-2-4-6-12/h2-6,9-10,17-18H,7-8,16H2,1H3. The summed E-state index contributed by atoms with van der Waals surface area (Å²) in [6, 6.07) is 14.1. The maximum atomic E-state index is 9.06. The summed E-state index contributed by atoms with van der Waals surface area (Å²) in [5, 5.41) is 12.2. The molecule has 0 aliphatic rings. The third-order valence-corrected chi connectivity index (χ3v) is 2.99. The smallest absolute Gasteiger partial charge is 0.0629 e. The fraction of sp³-hybridized carbons (Fsp3) is 0.200. The van der Waals surface area contributed by atoms with Crippen molar-refractivity contribution in [3.05, 3.63) is 48.0 Å². The van der Waals surface area contributed by atoms with Gasteiger partial charge in [-0.15, -0.1) is 0 Å². The molecule has 2 rings (SSSR count). The summed E-state index contributed by atoms with van der Waals surface area (Å²) < 4.78 is 0. The van der Waals surface area contributed by atoms with Crippen LogP contribution >= 0.6 is 0 Å². The third-order valence-electron chi connectivity index (χ3n) is 2.99. The van der Waals surface area contributed by atoms with Crippen LogP contribution in [0.4, 0.5) is 11.4 Å². The van der Waals surface area contributed by atoms with Crippen molar-refractivity contribution in [3.8, 4) is 11.1 Å². The number of nitrogens with two attached hydrogens (primary N) is 1. The second-order valence-electron chi connectivity index (χ2n) is 4.19. The minimum atomic E-state index is 0.140. The molecule has 0 aliphatic heterocycles. The number of anilines is 2. The molecule has 2 aromatic rings. The molecule has 0 amide bonds. The van der Waals surface area contributed by atoms with Crippen LogP contribution in [-0.2, 0) is 6.42 Å². The van der Waals surface area contributed by atoms with Crippen molar-refractivity contribution in [1.82, 2.24) is 0 Å². The normalized spacial score (nSPS) is 10.3. The Balaban J connectivity index is 2.55. The van der Waals surface area contributed by atoms with Gasteiger partial charge in [-0.05, 0) is 29.7 Å². The first-order valence-electron chi connectivity index (χ1n) is 6.02. The van der Waals surface area contributed by atoms with Crippen molar-refractivity contribution in [2.75, 3.05) is 24.7 Å². The summed E-state index contributed by atoms with van der Waals surface area (Å²) in [4.78, 5) is 0. The summed E-state index contributed by atoms with van der Waals surface area (Å²) >= 11 is 0. The molecule has 0 saturated carbocycles. The fourth-order valence-corrected chi connectivity index (χ4v) is 2.05. The van der Waals surface area contributed by atoms with Gasteiger partial charge >= 0.3 is 0 Å². The molecule has 0 fully saturated rings.